The lowest BCUT2D eigenvalue weighted by molar-refractivity contribution is 0.673. The standard InChI is InChI=1S/C17H19NOS/c1-18-10-9-13(11-17(18)19)12-20-16-8-4-6-14-5-2-3-7-15(14)16/h2-3,5,7,9-11,16H,4,6,8,12H2,1H3/t16-/m0/s1. The maximum Gasteiger partial charge on any atom is 0.250 e. The molecule has 1 heterocycles. The van der Waals surface area contributed by atoms with Crippen LogP contribution < -0.4 is 5.56 Å². The van der Waals surface area contributed by atoms with E-state index < -0.39 is 0 Å². The van der Waals surface area contributed by atoms with Crippen molar-refractivity contribution < 1.29 is 0 Å². The molecule has 0 fully saturated rings. The molecule has 3 rings (SSSR count). The quantitative estimate of drug-likeness (QED) is 0.858. The summed E-state index contributed by atoms with van der Waals surface area (Å²) in [4.78, 5) is 11.6. The van der Waals surface area contributed by atoms with Crippen molar-refractivity contribution in [2.75, 3.05) is 0 Å². The summed E-state index contributed by atoms with van der Waals surface area (Å²) in [7, 11) is 1.79. The highest BCUT2D eigenvalue weighted by Crippen LogP contribution is 2.40. The molecule has 0 saturated heterocycles. The van der Waals surface area contributed by atoms with Gasteiger partial charge in [-0.3, -0.25) is 4.79 Å². The van der Waals surface area contributed by atoms with Gasteiger partial charge in [0, 0.05) is 30.3 Å². The molecule has 3 heteroatoms. The molecule has 0 spiro atoms. The highest BCUT2D eigenvalue weighted by molar-refractivity contribution is 7.98. The smallest absolute Gasteiger partial charge is 0.250 e. The van der Waals surface area contributed by atoms with E-state index >= 15 is 0 Å². The van der Waals surface area contributed by atoms with Gasteiger partial charge >= 0.3 is 0 Å². The second kappa shape index (κ2) is 5.88. The number of benzene rings is 1. The lowest BCUT2D eigenvalue weighted by Crippen LogP contribution is -2.15. The normalized spacial score (nSPS) is 17.8. The fourth-order valence-corrected chi connectivity index (χ4v) is 4.07. The number of fused-ring (bicyclic) bond motifs is 1. The monoisotopic (exact) mass is 285 g/mol. The van der Waals surface area contributed by atoms with Gasteiger partial charge in [0.05, 0.1) is 0 Å². The van der Waals surface area contributed by atoms with Crippen molar-refractivity contribution in [2.24, 2.45) is 7.05 Å². The Kier molecular flexibility index (Phi) is 3.97. The molecular weight excluding hydrogens is 266 g/mol. The average Bonchev–Trinajstić information content (AvgIpc) is 2.48. The Labute approximate surface area is 123 Å². The van der Waals surface area contributed by atoms with Gasteiger partial charge in [-0.15, -0.1) is 11.8 Å². The second-order valence-electron chi connectivity index (χ2n) is 5.37. The average molecular weight is 285 g/mol. The van der Waals surface area contributed by atoms with Crippen molar-refractivity contribution in [3.63, 3.8) is 0 Å². The van der Waals surface area contributed by atoms with Gasteiger partial charge in [-0.05, 0) is 42.0 Å². The van der Waals surface area contributed by atoms with E-state index in [9.17, 15) is 4.79 Å². The Hall–Kier alpha value is -1.48. The molecule has 1 aromatic heterocycles. The zero-order valence-corrected chi connectivity index (χ0v) is 12.5. The maximum absolute atomic E-state index is 11.6. The van der Waals surface area contributed by atoms with E-state index in [1.54, 1.807) is 17.7 Å². The van der Waals surface area contributed by atoms with Crippen molar-refractivity contribution in [2.45, 2.75) is 30.3 Å². The SMILES string of the molecule is Cn1ccc(CS[C@H]2CCCc3ccccc32)cc1=O. The summed E-state index contributed by atoms with van der Waals surface area (Å²) in [6, 6.07) is 12.6. The molecule has 1 aliphatic rings. The van der Waals surface area contributed by atoms with E-state index in [4.69, 9.17) is 0 Å². The molecule has 20 heavy (non-hydrogen) atoms. The predicted octanol–water partition coefficient (Wildman–Crippen LogP) is 3.70. The van der Waals surface area contributed by atoms with Crippen molar-refractivity contribution in [3.05, 3.63) is 69.6 Å². The van der Waals surface area contributed by atoms with Gasteiger partial charge in [0.1, 0.15) is 0 Å². The summed E-state index contributed by atoms with van der Waals surface area (Å²) in [5, 5.41) is 0.573. The van der Waals surface area contributed by atoms with Gasteiger partial charge in [-0.25, -0.2) is 0 Å². The second-order valence-corrected chi connectivity index (χ2v) is 6.57. The van der Waals surface area contributed by atoms with E-state index in [0.29, 0.717) is 5.25 Å². The molecular formula is C17H19NOS. The third-order valence-electron chi connectivity index (χ3n) is 3.93. The number of hydrogen-bond donors (Lipinski definition) is 0. The van der Waals surface area contributed by atoms with Gasteiger partial charge in [-0.1, -0.05) is 24.3 Å². The van der Waals surface area contributed by atoms with Crippen molar-refractivity contribution in [1.82, 2.24) is 4.57 Å². The first kappa shape index (κ1) is 13.5. The molecule has 104 valence electrons. The topological polar surface area (TPSA) is 22.0 Å². The van der Waals surface area contributed by atoms with E-state index in [0.717, 1.165) is 11.3 Å². The number of hydrogen-bond acceptors (Lipinski definition) is 2. The van der Waals surface area contributed by atoms with E-state index in [-0.39, 0.29) is 5.56 Å². The maximum atomic E-state index is 11.6. The lowest BCUT2D eigenvalue weighted by Gasteiger charge is -2.25. The first-order valence-electron chi connectivity index (χ1n) is 7.09. The first-order chi connectivity index (χ1) is 9.74. The Morgan fingerprint density at radius 1 is 1.30 bits per heavy atom. The number of aryl methyl sites for hydroxylation is 2. The van der Waals surface area contributed by atoms with Crippen LogP contribution in [0.5, 0.6) is 0 Å². The molecule has 0 N–H and O–H groups in total. The molecule has 2 nitrogen and oxygen atoms in total. The van der Waals surface area contributed by atoms with Crippen molar-refractivity contribution in [3.8, 4) is 0 Å². The highest BCUT2D eigenvalue weighted by atomic mass is 32.2. The molecule has 0 amide bonds. The van der Waals surface area contributed by atoms with Gasteiger partial charge in [0.25, 0.3) is 5.56 Å². The van der Waals surface area contributed by atoms with Crippen LogP contribution in [-0.2, 0) is 19.2 Å². The number of nitrogens with zero attached hydrogens (tertiary/aromatic N) is 1. The Bertz CT molecular complexity index is 662. The van der Waals surface area contributed by atoms with E-state index in [1.165, 1.54) is 30.4 Å². The molecule has 1 atom stereocenters. The molecule has 1 aliphatic carbocycles. The molecule has 0 bridgehead atoms. The van der Waals surface area contributed by atoms with Crippen LogP contribution in [-0.4, -0.2) is 4.57 Å². The van der Waals surface area contributed by atoms with Gasteiger partial charge in [-0.2, -0.15) is 0 Å². The minimum atomic E-state index is 0.0761. The van der Waals surface area contributed by atoms with Crippen LogP contribution in [0, 0.1) is 0 Å². The minimum Gasteiger partial charge on any atom is -0.319 e. The Balaban J connectivity index is 1.73. The lowest BCUT2D eigenvalue weighted by atomic mass is 9.91. The van der Waals surface area contributed by atoms with Gasteiger partial charge in [0.15, 0.2) is 0 Å². The zero-order chi connectivity index (χ0) is 13.9. The van der Waals surface area contributed by atoms with Crippen LogP contribution in [0.25, 0.3) is 0 Å². The molecule has 0 aliphatic heterocycles. The number of aromatic nitrogens is 1. The molecule has 1 aromatic carbocycles. The summed E-state index contributed by atoms with van der Waals surface area (Å²) >= 11 is 1.96. The summed E-state index contributed by atoms with van der Waals surface area (Å²) in [6.07, 6.45) is 5.57. The third-order valence-corrected chi connectivity index (χ3v) is 5.33. The van der Waals surface area contributed by atoms with Crippen LogP contribution >= 0.6 is 11.8 Å². The van der Waals surface area contributed by atoms with Crippen LogP contribution in [0.2, 0.25) is 0 Å². The molecule has 0 unspecified atom stereocenters. The van der Waals surface area contributed by atoms with E-state index in [1.807, 2.05) is 24.0 Å². The fourth-order valence-electron chi connectivity index (χ4n) is 2.76. The van der Waals surface area contributed by atoms with Crippen LogP contribution in [0.1, 0.15) is 34.8 Å². The Morgan fingerprint density at radius 2 is 2.15 bits per heavy atom. The Morgan fingerprint density at radius 3 is 3.00 bits per heavy atom. The van der Waals surface area contributed by atoms with Crippen molar-refractivity contribution >= 4 is 11.8 Å². The third kappa shape index (κ3) is 2.83. The summed E-state index contributed by atoms with van der Waals surface area (Å²) in [5.74, 6) is 0.912. The summed E-state index contributed by atoms with van der Waals surface area (Å²) in [6.45, 7) is 0. The zero-order valence-electron chi connectivity index (χ0n) is 11.7. The number of pyridine rings is 1. The van der Waals surface area contributed by atoms with E-state index in [2.05, 4.69) is 24.3 Å². The highest BCUT2D eigenvalue weighted by Gasteiger charge is 2.19. The minimum absolute atomic E-state index is 0.0761. The molecule has 0 radical (unpaired) electrons. The van der Waals surface area contributed by atoms with Crippen LogP contribution in [0.3, 0.4) is 0 Å². The van der Waals surface area contributed by atoms with Crippen LogP contribution in [0.15, 0.2) is 47.4 Å². The van der Waals surface area contributed by atoms with Gasteiger partial charge < -0.3 is 4.57 Å². The molecule has 0 saturated carbocycles. The summed E-state index contributed by atoms with van der Waals surface area (Å²) in [5.41, 5.74) is 4.20. The predicted molar refractivity (Wildman–Crippen MR) is 85.1 cm³/mol. The number of rotatable bonds is 3. The van der Waals surface area contributed by atoms with Crippen LogP contribution in [0.4, 0.5) is 0 Å². The first-order valence-corrected chi connectivity index (χ1v) is 8.14. The number of thioether (sulfide) groups is 1. The summed E-state index contributed by atoms with van der Waals surface area (Å²) < 4.78 is 1.62. The fraction of sp³-hybridized carbons (Fsp3) is 0.353. The largest absolute Gasteiger partial charge is 0.319 e. The van der Waals surface area contributed by atoms with Crippen molar-refractivity contribution in [1.29, 1.82) is 0 Å². The molecule has 2 aromatic rings. The van der Waals surface area contributed by atoms with Gasteiger partial charge in [0.2, 0.25) is 0 Å².